The molecule has 0 heterocycles. The highest BCUT2D eigenvalue weighted by Gasteiger charge is 2.19. The van der Waals surface area contributed by atoms with Crippen molar-refractivity contribution in [3.05, 3.63) is 35.4 Å². The SMILES string of the molecule is CCS(=O)(=O)NCc1ccc(C(=O)NC(C)(C)CN)cc1. The lowest BCUT2D eigenvalue weighted by atomic mass is 10.0. The number of hydrogen-bond acceptors (Lipinski definition) is 4. The zero-order valence-electron chi connectivity index (χ0n) is 12.6. The van der Waals surface area contributed by atoms with Crippen molar-refractivity contribution in [2.45, 2.75) is 32.9 Å². The quantitative estimate of drug-likeness (QED) is 0.686. The first kappa shape index (κ1) is 17.6. The third-order valence-electron chi connectivity index (χ3n) is 3.05. The second kappa shape index (κ2) is 7.02. The molecule has 0 aliphatic carbocycles. The lowest BCUT2D eigenvalue weighted by Crippen LogP contribution is -2.48. The van der Waals surface area contributed by atoms with Crippen LogP contribution in [0, 0.1) is 0 Å². The number of hydrogen-bond donors (Lipinski definition) is 3. The van der Waals surface area contributed by atoms with Gasteiger partial charge in [0.25, 0.3) is 5.91 Å². The molecule has 6 nitrogen and oxygen atoms in total. The van der Waals surface area contributed by atoms with Crippen LogP contribution < -0.4 is 15.8 Å². The van der Waals surface area contributed by atoms with E-state index in [9.17, 15) is 13.2 Å². The van der Waals surface area contributed by atoms with Crippen molar-refractivity contribution in [1.29, 1.82) is 0 Å². The summed E-state index contributed by atoms with van der Waals surface area (Å²) in [5.41, 5.74) is 6.41. The molecule has 0 atom stereocenters. The fraction of sp³-hybridized carbons (Fsp3) is 0.500. The zero-order chi connectivity index (χ0) is 16.1. The lowest BCUT2D eigenvalue weighted by Gasteiger charge is -2.24. The van der Waals surface area contributed by atoms with Crippen molar-refractivity contribution < 1.29 is 13.2 Å². The second-order valence-electron chi connectivity index (χ2n) is 5.46. The van der Waals surface area contributed by atoms with Crippen LogP contribution in [-0.4, -0.2) is 32.2 Å². The molecule has 0 aromatic heterocycles. The van der Waals surface area contributed by atoms with E-state index >= 15 is 0 Å². The molecule has 0 bridgehead atoms. The van der Waals surface area contributed by atoms with Gasteiger partial charge in [-0.15, -0.1) is 0 Å². The molecule has 21 heavy (non-hydrogen) atoms. The summed E-state index contributed by atoms with van der Waals surface area (Å²) < 4.78 is 25.2. The molecule has 7 heteroatoms. The Morgan fingerprint density at radius 3 is 2.29 bits per heavy atom. The average molecular weight is 313 g/mol. The normalized spacial score (nSPS) is 12.2. The number of carbonyl (C=O) groups excluding carboxylic acids is 1. The summed E-state index contributed by atoms with van der Waals surface area (Å²) in [6.45, 7) is 5.83. The Bertz CT molecular complexity index is 580. The minimum absolute atomic E-state index is 0.0433. The second-order valence-corrected chi connectivity index (χ2v) is 7.56. The highest BCUT2D eigenvalue weighted by atomic mass is 32.2. The topological polar surface area (TPSA) is 101 Å². The van der Waals surface area contributed by atoms with Crippen molar-refractivity contribution in [3.63, 3.8) is 0 Å². The van der Waals surface area contributed by atoms with Gasteiger partial charge in [0.15, 0.2) is 0 Å². The molecule has 1 aromatic rings. The van der Waals surface area contributed by atoms with E-state index in [1.54, 1.807) is 31.2 Å². The standard InChI is InChI=1S/C14H23N3O3S/c1-4-21(19,20)16-9-11-5-7-12(8-6-11)13(18)17-14(2,3)10-15/h5-8,16H,4,9-10,15H2,1-3H3,(H,17,18). The fourth-order valence-corrected chi connectivity index (χ4v) is 2.09. The van der Waals surface area contributed by atoms with E-state index in [0.717, 1.165) is 5.56 Å². The van der Waals surface area contributed by atoms with Gasteiger partial charge in [0.2, 0.25) is 10.0 Å². The molecule has 1 aromatic carbocycles. The number of nitrogens with one attached hydrogen (secondary N) is 2. The van der Waals surface area contributed by atoms with Crippen LogP contribution in [0.5, 0.6) is 0 Å². The maximum absolute atomic E-state index is 12.0. The Morgan fingerprint density at radius 2 is 1.81 bits per heavy atom. The highest BCUT2D eigenvalue weighted by molar-refractivity contribution is 7.89. The van der Waals surface area contributed by atoms with Gasteiger partial charge in [0.1, 0.15) is 0 Å². The molecule has 1 amide bonds. The third-order valence-corrected chi connectivity index (χ3v) is 4.40. The first-order valence-corrected chi connectivity index (χ1v) is 8.43. The van der Waals surface area contributed by atoms with E-state index in [2.05, 4.69) is 10.0 Å². The van der Waals surface area contributed by atoms with Crippen molar-refractivity contribution in [2.75, 3.05) is 12.3 Å². The van der Waals surface area contributed by atoms with Crippen LogP contribution in [0.1, 0.15) is 36.7 Å². The summed E-state index contributed by atoms with van der Waals surface area (Å²) in [5, 5.41) is 2.83. The smallest absolute Gasteiger partial charge is 0.251 e. The van der Waals surface area contributed by atoms with Crippen molar-refractivity contribution in [2.24, 2.45) is 5.73 Å². The van der Waals surface area contributed by atoms with E-state index in [4.69, 9.17) is 5.73 Å². The van der Waals surface area contributed by atoms with Gasteiger partial charge in [-0.25, -0.2) is 13.1 Å². The molecule has 0 fully saturated rings. The monoisotopic (exact) mass is 313 g/mol. The van der Waals surface area contributed by atoms with Gasteiger partial charge >= 0.3 is 0 Å². The summed E-state index contributed by atoms with van der Waals surface area (Å²) in [6, 6.07) is 6.78. The van der Waals surface area contributed by atoms with Gasteiger partial charge in [-0.3, -0.25) is 4.79 Å². The van der Waals surface area contributed by atoms with Crippen LogP contribution in [0.2, 0.25) is 0 Å². The van der Waals surface area contributed by atoms with Crippen molar-refractivity contribution in [1.82, 2.24) is 10.0 Å². The van der Waals surface area contributed by atoms with Gasteiger partial charge < -0.3 is 11.1 Å². The molecule has 0 saturated carbocycles. The van der Waals surface area contributed by atoms with Crippen LogP contribution in [0.15, 0.2) is 24.3 Å². The molecule has 0 saturated heterocycles. The van der Waals surface area contributed by atoms with Gasteiger partial charge in [-0.1, -0.05) is 12.1 Å². The maximum Gasteiger partial charge on any atom is 0.251 e. The third kappa shape index (κ3) is 5.82. The van der Waals surface area contributed by atoms with E-state index < -0.39 is 15.6 Å². The summed E-state index contributed by atoms with van der Waals surface area (Å²) in [5.74, 6) is -0.159. The average Bonchev–Trinajstić information content (AvgIpc) is 2.45. The van der Waals surface area contributed by atoms with E-state index in [-0.39, 0.29) is 18.2 Å². The maximum atomic E-state index is 12.0. The summed E-state index contributed by atoms with van der Waals surface area (Å²) in [7, 11) is -3.21. The Kier molecular flexibility index (Phi) is 5.88. The largest absolute Gasteiger partial charge is 0.346 e. The molecule has 1 rings (SSSR count). The number of sulfonamides is 1. The van der Waals surface area contributed by atoms with E-state index in [1.165, 1.54) is 0 Å². The number of carbonyl (C=O) groups is 1. The molecule has 0 radical (unpaired) electrons. The molecular weight excluding hydrogens is 290 g/mol. The van der Waals surface area contributed by atoms with Gasteiger partial charge in [0, 0.05) is 24.2 Å². The van der Waals surface area contributed by atoms with Gasteiger partial charge in [-0.05, 0) is 38.5 Å². The van der Waals surface area contributed by atoms with Crippen LogP contribution in [-0.2, 0) is 16.6 Å². The van der Waals surface area contributed by atoms with Crippen molar-refractivity contribution >= 4 is 15.9 Å². The minimum Gasteiger partial charge on any atom is -0.346 e. The van der Waals surface area contributed by atoms with Crippen LogP contribution in [0.4, 0.5) is 0 Å². The Labute approximate surface area is 126 Å². The number of benzene rings is 1. The number of amides is 1. The predicted molar refractivity (Wildman–Crippen MR) is 83.3 cm³/mol. The van der Waals surface area contributed by atoms with Crippen molar-refractivity contribution in [3.8, 4) is 0 Å². The molecule has 118 valence electrons. The molecular formula is C14H23N3O3S. The molecule has 0 aliphatic heterocycles. The summed E-state index contributed by atoms with van der Waals surface area (Å²) in [6.07, 6.45) is 0. The molecule has 4 N–H and O–H groups in total. The van der Waals surface area contributed by atoms with Crippen LogP contribution in [0.3, 0.4) is 0 Å². The number of nitrogens with two attached hydrogens (primary N) is 1. The summed E-state index contributed by atoms with van der Waals surface area (Å²) >= 11 is 0. The van der Waals surface area contributed by atoms with Gasteiger partial charge in [0.05, 0.1) is 5.75 Å². The Morgan fingerprint density at radius 1 is 1.24 bits per heavy atom. The Balaban J connectivity index is 2.68. The summed E-state index contributed by atoms with van der Waals surface area (Å²) in [4.78, 5) is 12.0. The molecule has 0 unspecified atom stereocenters. The molecule has 0 aliphatic rings. The first-order valence-electron chi connectivity index (χ1n) is 6.78. The Hall–Kier alpha value is -1.44. The van der Waals surface area contributed by atoms with E-state index in [1.807, 2.05) is 13.8 Å². The molecule has 0 spiro atoms. The first-order chi connectivity index (χ1) is 9.69. The van der Waals surface area contributed by atoms with E-state index in [0.29, 0.717) is 12.1 Å². The predicted octanol–water partition coefficient (Wildman–Crippen LogP) is 0.593. The number of rotatable bonds is 7. The fourth-order valence-electron chi connectivity index (χ4n) is 1.50. The highest BCUT2D eigenvalue weighted by Crippen LogP contribution is 2.07. The van der Waals surface area contributed by atoms with Crippen LogP contribution >= 0.6 is 0 Å². The van der Waals surface area contributed by atoms with Gasteiger partial charge in [-0.2, -0.15) is 0 Å². The zero-order valence-corrected chi connectivity index (χ0v) is 13.5. The van der Waals surface area contributed by atoms with Crippen LogP contribution in [0.25, 0.3) is 0 Å². The minimum atomic E-state index is -3.21. The lowest BCUT2D eigenvalue weighted by molar-refractivity contribution is 0.0915.